The van der Waals surface area contributed by atoms with Crippen LogP contribution in [-0.2, 0) is 14.4 Å². The Morgan fingerprint density at radius 1 is 0.558 bits per heavy atom. The van der Waals surface area contributed by atoms with Gasteiger partial charge >= 0.3 is 11.9 Å². The van der Waals surface area contributed by atoms with Crippen LogP contribution in [0.5, 0.6) is 0 Å². The molecule has 0 spiro atoms. The molecule has 252 valence electrons. The summed E-state index contributed by atoms with van der Waals surface area (Å²) < 4.78 is 0.586. The zero-order chi connectivity index (χ0) is 32.3. The van der Waals surface area contributed by atoms with Gasteiger partial charge in [0.1, 0.15) is 0 Å². The van der Waals surface area contributed by atoms with Crippen LogP contribution in [0.1, 0.15) is 156 Å². The Morgan fingerprint density at radius 2 is 0.860 bits per heavy atom. The van der Waals surface area contributed by atoms with Crippen LogP contribution in [0.4, 0.5) is 0 Å². The monoisotopic (exact) mass is 609 g/mol. The molecule has 0 saturated heterocycles. The largest absolute Gasteiger partial charge is 0.550 e. The highest BCUT2D eigenvalue weighted by Gasteiger charge is 2.30. The molecule has 0 aromatic carbocycles. The van der Waals surface area contributed by atoms with Gasteiger partial charge in [-0.2, -0.15) is 0 Å². The second kappa shape index (κ2) is 26.5. The van der Waals surface area contributed by atoms with Crippen molar-refractivity contribution < 1.29 is 34.2 Å². The average Bonchev–Trinajstić information content (AvgIpc) is 2.97. The van der Waals surface area contributed by atoms with Gasteiger partial charge in [0.05, 0.1) is 38.0 Å². The summed E-state index contributed by atoms with van der Waals surface area (Å²) in [4.78, 5) is 34.4. The molecule has 0 heterocycles. The number of unbranched alkanes of at least 4 members (excludes halogenated alkanes) is 17. The molecule has 0 aromatic rings. The summed E-state index contributed by atoms with van der Waals surface area (Å²) in [6.07, 6.45) is 26.6. The van der Waals surface area contributed by atoms with Gasteiger partial charge in [-0.25, -0.2) is 0 Å². The van der Waals surface area contributed by atoms with Crippen molar-refractivity contribution in [3.05, 3.63) is 12.7 Å². The Kier molecular flexibility index (Phi) is 25.3. The third-order valence-corrected chi connectivity index (χ3v) is 9.40. The summed E-state index contributed by atoms with van der Waals surface area (Å²) >= 11 is 0. The summed E-state index contributed by atoms with van der Waals surface area (Å²) in [6.45, 7) is 11.5. The van der Waals surface area contributed by atoms with Crippen molar-refractivity contribution in [1.82, 2.24) is 0 Å². The molecule has 0 saturated carbocycles. The van der Waals surface area contributed by atoms with E-state index in [0.717, 1.165) is 25.8 Å². The minimum Gasteiger partial charge on any atom is -0.550 e. The second-order valence-corrected chi connectivity index (χ2v) is 13.4. The zero-order valence-electron chi connectivity index (χ0n) is 28.2. The number of rotatable bonds is 32. The number of aliphatic carboxylic acids is 3. The number of carboxylic acid groups (broad SMARTS) is 3. The van der Waals surface area contributed by atoms with Gasteiger partial charge in [0.25, 0.3) is 0 Å². The third-order valence-electron chi connectivity index (χ3n) is 9.40. The van der Waals surface area contributed by atoms with Crippen molar-refractivity contribution in [1.29, 1.82) is 0 Å². The number of nitrogens with zero attached hydrogens (tertiary/aromatic N) is 1. The maximum Gasteiger partial charge on any atom is 0.306 e. The van der Waals surface area contributed by atoms with Crippen molar-refractivity contribution in [2.75, 3.05) is 26.2 Å². The number of hydrogen-bond acceptors (Lipinski definition) is 4. The topological polar surface area (TPSA) is 115 Å². The lowest BCUT2D eigenvalue weighted by Crippen LogP contribution is -2.52. The lowest BCUT2D eigenvalue weighted by atomic mass is 10.0. The first-order chi connectivity index (χ1) is 20.5. The maximum absolute atomic E-state index is 11.5. The number of hydrogen-bond donors (Lipinski definition) is 2. The van der Waals surface area contributed by atoms with Crippen LogP contribution < -0.4 is 5.11 Å². The third kappa shape index (κ3) is 23.2. The Morgan fingerprint density at radius 3 is 1.16 bits per heavy atom. The molecule has 0 aliphatic heterocycles. The van der Waals surface area contributed by atoms with E-state index in [1.165, 1.54) is 96.3 Å². The standard InChI is InChI=1S/C36H67NO6/c1-5-6-7-8-9-10-11-12-13-14-15-16-17-18-19-20-21-22-23-27-37(28-24-31(2)34(38)39,29-25-32(3)35(40)41)30-26-33(4)36(42)43/h5,31-33H,1,6-30H2,2-4H3,(H2-,38,39,40,41,42,43). The summed E-state index contributed by atoms with van der Waals surface area (Å²) in [5.41, 5.74) is 0. The van der Waals surface area contributed by atoms with Crippen molar-refractivity contribution in [2.45, 2.75) is 156 Å². The molecule has 0 aliphatic carbocycles. The van der Waals surface area contributed by atoms with Crippen LogP contribution in [0.25, 0.3) is 0 Å². The number of carboxylic acids is 3. The first-order valence-corrected chi connectivity index (χ1v) is 17.7. The fraction of sp³-hybridized carbons (Fsp3) is 0.861. The van der Waals surface area contributed by atoms with Gasteiger partial charge in [0.15, 0.2) is 0 Å². The van der Waals surface area contributed by atoms with Gasteiger partial charge < -0.3 is 24.6 Å². The van der Waals surface area contributed by atoms with Gasteiger partial charge in [-0.15, -0.1) is 6.58 Å². The van der Waals surface area contributed by atoms with Gasteiger partial charge in [-0.3, -0.25) is 9.59 Å². The van der Waals surface area contributed by atoms with Gasteiger partial charge in [0.2, 0.25) is 0 Å². The van der Waals surface area contributed by atoms with E-state index in [4.69, 9.17) is 0 Å². The van der Waals surface area contributed by atoms with Crippen LogP contribution >= 0.6 is 0 Å². The summed E-state index contributed by atoms with van der Waals surface area (Å²) in [5, 5.41) is 30.3. The molecule has 0 fully saturated rings. The fourth-order valence-electron chi connectivity index (χ4n) is 5.83. The molecule has 0 amide bonds. The van der Waals surface area contributed by atoms with E-state index in [-0.39, 0.29) is 0 Å². The summed E-state index contributed by atoms with van der Waals surface area (Å²) in [7, 11) is 0. The molecule has 0 aromatic heterocycles. The van der Waals surface area contributed by atoms with Gasteiger partial charge in [-0.1, -0.05) is 117 Å². The van der Waals surface area contributed by atoms with Crippen LogP contribution in [0, 0.1) is 17.8 Å². The van der Waals surface area contributed by atoms with E-state index in [0.29, 0.717) is 43.4 Å². The van der Waals surface area contributed by atoms with Crippen molar-refractivity contribution in [3.63, 3.8) is 0 Å². The van der Waals surface area contributed by atoms with E-state index in [1.807, 2.05) is 6.08 Å². The predicted octanol–water partition coefficient (Wildman–Crippen LogP) is 8.01. The molecule has 43 heavy (non-hydrogen) atoms. The lowest BCUT2D eigenvalue weighted by molar-refractivity contribution is -0.929. The van der Waals surface area contributed by atoms with Crippen molar-refractivity contribution in [3.8, 4) is 0 Å². The molecule has 0 bridgehead atoms. The number of carbonyl (C=O) groups excluding carboxylic acids is 1. The molecule has 0 aliphatic rings. The summed E-state index contributed by atoms with van der Waals surface area (Å²) in [6, 6.07) is 0. The minimum atomic E-state index is -1.07. The molecule has 0 rings (SSSR count). The van der Waals surface area contributed by atoms with E-state index in [9.17, 15) is 29.7 Å². The van der Waals surface area contributed by atoms with Crippen LogP contribution in [0.2, 0.25) is 0 Å². The SMILES string of the molecule is C=CCCCCCCCCCCCCCCCCCCC[N+](CCC(C)C(=O)[O-])(CCC(C)C(=O)O)CCC(C)C(=O)O. The highest BCUT2D eigenvalue weighted by molar-refractivity contribution is 5.69. The molecule has 2 N–H and O–H groups in total. The molecule has 3 unspecified atom stereocenters. The van der Waals surface area contributed by atoms with Crippen molar-refractivity contribution >= 4 is 17.9 Å². The Labute approximate surface area is 264 Å². The summed E-state index contributed by atoms with van der Waals surface area (Å²) in [5.74, 6) is -4.31. The van der Waals surface area contributed by atoms with E-state index in [2.05, 4.69) is 6.58 Å². The van der Waals surface area contributed by atoms with E-state index >= 15 is 0 Å². The smallest absolute Gasteiger partial charge is 0.306 e. The van der Waals surface area contributed by atoms with Gasteiger partial charge in [-0.05, 0) is 25.7 Å². The molecular formula is C36H67NO6. The maximum atomic E-state index is 11.5. The molecule has 7 nitrogen and oxygen atoms in total. The molecular weight excluding hydrogens is 542 g/mol. The van der Waals surface area contributed by atoms with Crippen LogP contribution in [0.15, 0.2) is 12.7 Å². The number of quaternary nitrogens is 1. The predicted molar refractivity (Wildman–Crippen MR) is 175 cm³/mol. The Bertz CT molecular complexity index is 679. The first-order valence-electron chi connectivity index (χ1n) is 17.7. The van der Waals surface area contributed by atoms with E-state index < -0.39 is 35.7 Å². The van der Waals surface area contributed by atoms with Crippen molar-refractivity contribution in [2.24, 2.45) is 17.8 Å². The molecule has 7 heteroatoms. The highest BCUT2D eigenvalue weighted by atomic mass is 16.4. The average molecular weight is 610 g/mol. The molecule has 3 atom stereocenters. The van der Waals surface area contributed by atoms with Crippen LogP contribution in [-0.4, -0.2) is 58.8 Å². The fourth-order valence-corrected chi connectivity index (χ4v) is 5.83. The highest BCUT2D eigenvalue weighted by Crippen LogP contribution is 2.22. The molecule has 0 radical (unpaired) electrons. The minimum absolute atomic E-state index is 0.446. The quantitative estimate of drug-likeness (QED) is 0.0454. The zero-order valence-corrected chi connectivity index (χ0v) is 28.2. The first kappa shape index (κ1) is 41.1. The number of allylic oxidation sites excluding steroid dienone is 1. The second-order valence-electron chi connectivity index (χ2n) is 13.4. The Hall–Kier alpha value is -1.89. The number of carbonyl (C=O) groups is 3. The van der Waals surface area contributed by atoms with Crippen LogP contribution in [0.3, 0.4) is 0 Å². The lowest BCUT2D eigenvalue weighted by Gasteiger charge is -2.41. The Balaban J connectivity index is 4.41. The normalized spacial score (nSPS) is 15.0. The van der Waals surface area contributed by atoms with E-state index in [1.54, 1.807) is 20.8 Å². The van der Waals surface area contributed by atoms with Gasteiger partial charge in [0, 0.05) is 31.1 Å².